The van der Waals surface area contributed by atoms with Crippen LogP contribution in [0, 0.1) is 12.3 Å². The molecule has 0 unspecified atom stereocenters. The zero-order valence-electron chi connectivity index (χ0n) is 19.0. The van der Waals surface area contributed by atoms with E-state index >= 15 is 0 Å². The number of aromatic nitrogens is 5. The van der Waals surface area contributed by atoms with Gasteiger partial charge in [0.15, 0.2) is 0 Å². The molecule has 0 aliphatic carbocycles. The second-order valence-electron chi connectivity index (χ2n) is 7.82. The SMILES string of the molecule is COc1ccc(CCn2c(=N)c(C(=O)Nc3nnc(C)s3)cc3c(=O)n4ccccc4nc32)cc1. The summed E-state index contributed by atoms with van der Waals surface area (Å²) >= 11 is 1.23. The maximum Gasteiger partial charge on any atom is 0.267 e. The van der Waals surface area contributed by atoms with Crippen molar-refractivity contribution in [1.29, 1.82) is 5.41 Å². The highest BCUT2D eigenvalue weighted by molar-refractivity contribution is 7.15. The van der Waals surface area contributed by atoms with Crippen molar-refractivity contribution < 1.29 is 9.53 Å². The van der Waals surface area contributed by atoms with E-state index in [0.29, 0.717) is 34.4 Å². The molecule has 1 aromatic carbocycles. The Hall–Kier alpha value is -4.38. The van der Waals surface area contributed by atoms with Crippen molar-refractivity contribution in [2.24, 2.45) is 0 Å². The van der Waals surface area contributed by atoms with Crippen LogP contribution < -0.4 is 21.1 Å². The fourth-order valence-corrected chi connectivity index (χ4v) is 4.41. The molecule has 10 nitrogen and oxygen atoms in total. The predicted molar refractivity (Wildman–Crippen MR) is 132 cm³/mol. The van der Waals surface area contributed by atoms with Crippen LogP contribution in [-0.4, -0.2) is 37.2 Å². The number of rotatable bonds is 6. The van der Waals surface area contributed by atoms with Gasteiger partial charge in [0.1, 0.15) is 27.5 Å². The Morgan fingerprint density at radius 1 is 1.17 bits per heavy atom. The number of carbonyl (C=O) groups is 1. The van der Waals surface area contributed by atoms with Gasteiger partial charge in [-0.2, -0.15) is 0 Å². The van der Waals surface area contributed by atoms with E-state index in [1.54, 1.807) is 43.0 Å². The van der Waals surface area contributed by atoms with Crippen molar-refractivity contribution in [3.05, 3.63) is 86.7 Å². The molecule has 1 amide bonds. The number of hydrogen-bond acceptors (Lipinski definition) is 8. The largest absolute Gasteiger partial charge is 0.497 e. The summed E-state index contributed by atoms with van der Waals surface area (Å²) in [4.78, 5) is 31.1. The number of nitrogens with one attached hydrogen (secondary N) is 2. The van der Waals surface area contributed by atoms with Gasteiger partial charge in [-0.05, 0) is 49.2 Å². The molecule has 0 aliphatic rings. The molecule has 5 aromatic rings. The molecular formula is C24H21N7O3S. The molecule has 0 saturated heterocycles. The van der Waals surface area contributed by atoms with Gasteiger partial charge in [-0.3, -0.25) is 24.7 Å². The first-order chi connectivity index (χ1) is 16.9. The summed E-state index contributed by atoms with van der Waals surface area (Å²) in [5, 5.41) is 20.6. The van der Waals surface area contributed by atoms with Crippen LogP contribution in [0.3, 0.4) is 0 Å². The van der Waals surface area contributed by atoms with Crippen molar-refractivity contribution in [1.82, 2.24) is 24.1 Å². The summed E-state index contributed by atoms with van der Waals surface area (Å²) in [6.07, 6.45) is 2.19. The van der Waals surface area contributed by atoms with Crippen LogP contribution >= 0.6 is 11.3 Å². The fourth-order valence-electron chi connectivity index (χ4n) is 3.82. The molecule has 0 saturated carbocycles. The van der Waals surface area contributed by atoms with E-state index in [0.717, 1.165) is 11.3 Å². The number of methoxy groups -OCH3 is 1. The van der Waals surface area contributed by atoms with Crippen LogP contribution in [0.4, 0.5) is 5.13 Å². The lowest BCUT2D eigenvalue weighted by Gasteiger charge is -2.14. The Bertz CT molecular complexity index is 1690. The third-order valence-electron chi connectivity index (χ3n) is 5.59. The highest BCUT2D eigenvalue weighted by atomic mass is 32.1. The number of fused-ring (bicyclic) bond motifs is 2. The molecule has 0 spiro atoms. The average Bonchev–Trinajstić information content (AvgIpc) is 3.28. The fraction of sp³-hybridized carbons (Fsp3) is 0.167. The molecular weight excluding hydrogens is 466 g/mol. The second-order valence-corrected chi connectivity index (χ2v) is 9.00. The van der Waals surface area contributed by atoms with Crippen molar-refractivity contribution in [3.8, 4) is 5.75 Å². The standard InChI is InChI=1S/C24H21N7O3S/c1-14-28-29-24(35-14)27-22(32)17-13-18-21(26-19-5-3-4-11-30(19)23(18)33)31(20(17)25)12-10-15-6-8-16(34-2)9-7-15/h3-9,11,13,25H,10,12H2,1-2H3,(H,27,29,32). The molecule has 0 radical (unpaired) electrons. The molecule has 4 heterocycles. The zero-order chi connectivity index (χ0) is 24.5. The molecule has 5 rings (SSSR count). The monoisotopic (exact) mass is 487 g/mol. The van der Waals surface area contributed by atoms with Gasteiger partial charge in [-0.25, -0.2) is 4.98 Å². The number of aryl methyl sites for hydroxylation is 3. The first kappa shape index (κ1) is 22.4. The maximum atomic E-state index is 13.3. The Kier molecular flexibility index (Phi) is 5.83. The van der Waals surface area contributed by atoms with Crippen molar-refractivity contribution in [2.75, 3.05) is 12.4 Å². The number of pyridine rings is 2. The zero-order valence-corrected chi connectivity index (χ0v) is 19.8. The van der Waals surface area contributed by atoms with E-state index in [4.69, 9.17) is 10.1 Å². The summed E-state index contributed by atoms with van der Waals surface area (Å²) in [6, 6.07) is 14.3. The van der Waals surface area contributed by atoms with E-state index in [1.807, 2.05) is 24.3 Å². The highest BCUT2D eigenvalue weighted by Gasteiger charge is 2.18. The van der Waals surface area contributed by atoms with Crippen molar-refractivity contribution >= 4 is 39.1 Å². The minimum atomic E-state index is -0.538. The molecule has 4 aromatic heterocycles. The number of anilines is 1. The molecule has 2 N–H and O–H groups in total. The topological polar surface area (TPSA) is 127 Å². The Balaban J connectivity index is 1.64. The van der Waals surface area contributed by atoms with E-state index in [9.17, 15) is 9.59 Å². The lowest BCUT2D eigenvalue weighted by atomic mass is 10.1. The number of benzene rings is 1. The molecule has 0 aliphatic heterocycles. The number of nitrogens with zero attached hydrogens (tertiary/aromatic N) is 5. The van der Waals surface area contributed by atoms with E-state index < -0.39 is 5.91 Å². The quantitative estimate of drug-likeness (QED) is 0.355. The van der Waals surface area contributed by atoms with Gasteiger partial charge in [0.25, 0.3) is 11.5 Å². The molecule has 35 heavy (non-hydrogen) atoms. The minimum Gasteiger partial charge on any atom is -0.497 e. The lowest BCUT2D eigenvalue weighted by molar-refractivity contribution is 0.102. The van der Waals surface area contributed by atoms with Crippen LogP contribution in [0.2, 0.25) is 0 Å². The summed E-state index contributed by atoms with van der Waals surface area (Å²) in [7, 11) is 1.61. The van der Waals surface area contributed by atoms with E-state index in [2.05, 4.69) is 20.5 Å². The molecule has 0 fully saturated rings. The smallest absolute Gasteiger partial charge is 0.267 e. The van der Waals surface area contributed by atoms with Gasteiger partial charge >= 0.3 is 0 Å². The minimum absolute atomic E-state index is 0.0445. The summed E-state index contributed by atoms with van der Waals surface area (Å²) in [5.41, 5.74) is 1.52. The molecule has 0 bridgehead atoms. The summed E-state index contributed by atoms with van der Waals surface area (Å²) in [5.74, 6) is 0.212. The average molecular weight is 488 g/mol. The van der Waals surface area contributed by atoms with Gasteiger partial charge in [0, 0.05) is 12.7 Å². The first-order valence-corrected chi connectivity index (χ1v) is 11.6. The highest BCUT2D eigenvalue weighted by Crippen LogP contribution is 2.17. The second kappa shape index (κ2) is 9.11. The Morgan fingerprint density at radius 2 is 1.97 bits per heavy atom. The third kappa shape index (κ3) is 4.28. The van der Waals surface area contributed by atoms with Gasteiger partial charge in [0.05, 0.1) is 18.1 Å². The number of ether oxygens (including phenoxy) is 1. The van der Waals surface area contributed by atoms with Gasteiger partial charge < -0.3 is 9.30 Å². The van der Waals surface area contributed by atoms with Crippen LogP contribution in [-0.2, 0) is 13.0 Å². The van der Waals surface area contributed by atoms with Crippen molar-refractivity contribution in [2.45, 2.75) is 19.9 Å². The normalized spacial score (nSPS) is 11.1. The number of amides is 1. The molecule has 176 valence electrons. The van der Waals surface area contributed by atoms with Crippen LogP contribution in [0.15, 0.2) is 59.5 Å². The Morgan fingerprint density at radius 3 is 2.69 bits per heavy atom. The summed E-state index contributed by atoms with van der Waals surface area (Å²) < 4.78 is 8.25. The van der Waals surface area contributed by atoms with Crippen LogP contribution in [0.1, 0.15) is 20.9 Å². The summed E-state index contributed by atoms with van der Waals surface area (Å²) in [6.45, 7) is 2.13. The lowest BCUT2D eigenvalue weighted by Crippen LogP contribution is -2.32. The van der Waals surface area contributed by atoms with Crippen LogP contribution in [0.25, 0.3) is 16.7 Å². The number of carbonyl (C=O) groups excluding carboxylic acids is 1. The van der Waals surface area contributed by atoms with Gasteiger partial charge in [-0.15, -0.1) is 10.2 Å². The number of hydrogen-bond donors (Lipinski definition) is 2. The van der Waals surface area contributed by atoms with Gasteiger partial charge in [-0.1, -0.05) is 29.5 Å². The third-order valence-corrected chi connectivity index (χ3v) is 6.35. The van der Waals surface area contributed by atoms with Gasteiger partial charge in [0.2, 0.25) is 5.13 Å². The predicted octanol–water partition coefficient (Wildman–Crippen LogP) is 2.79. The van der Waals surface area contributed by atoms with E-state index in [-0.39, 0.29) is 22.0 Å². The van der Waals surface area contributed by atoms with Crippen molar-refractivity contribution in [3.63, 3.8) is 0 Å². The van der Waals surface area contributed by atoms with E-state index in [1.165, 1.54) is 21.8 Å². The maximum absolute atomic E-state index is 13.3. The first-order valence-electron chi connectivity index (χ1n) is 10.8. The Labute approximate surface area is 203 Å². The molecule has 0 atom stereocenters. The van der Waals surface area contributed by atoms with Crippen LogP contribution in [0.5, 0.6) is 5.75 Å². The molecule has 11 heteroatoms.